The number of pyridine rings is 1. The van der Waals surface area contributed by atoms with Gasteiger partial charge in [0.15, 0.2) is 5.82 Å². The minimum Gasteiger partial charge on any atom is -0.396 e. The molecule has 0 radical (unpaired) electrons. The van der Waals surface area contributed by atoms with Gasteiger partial charge in [0.2, 0.25) is 0 Å². The number of hydrogen-bond donors (Lipinski definition) is 2. The molecule has 0 bridgehead atoms. The maximum Gasteiger partial charge on any atom is 0.151 e. The maximum absolute atomic E-state index is 9.58. The second-order valence-corrected chi connectivity index (χ2v) is 4.17. The van der Waals surface area contributed by atoms with Crippen LogP contribution in [0.2, 0.25) is 0 Å². The van der Waals surface area contributed by atoms with Crippen LogP contribution < -0.4 is 10.6 Å². The third-order valence-electron chi connectivity index (χ3n) is 2.73. The molecule has 1 fully saturated rings. The Morgan fingerprint density at radius 1 is 1.60 bits per heavy atom. The number of nitrogens with two attached hydrogens (primary N) is 1. The number of piperidine rings is 1. The number of aromatic nitrogens is 1. The summed E-state index contributed by atoms with van der Waals surface area (Å²) in [4.78, 5) is 6.38. The van der Waals surface area contributed by atoms with Crippen molar-refractivity contribution in [2.45, 2.75) is 25.9 Å². The fourth-order valence-electron chi connectivity index (χ4n) is 2.00. The number of hydrogen-bond acceptors (Lipinski definition) is 4. The molecule has 1 saturated heterocycles. The van der Waals surface area contributed by atoms with E-state index in [1.807, 2.05) is 19.2 Å². The Morgan fingerprint density at radius 2 is 2.40 bits per heavy atom. The van der Waals surface area contributed by atoms with Gasteiger partial charge in [0.05, 0.1) is 11.8 Å². The maximum atomic E-state index is 9.58. The van der Waals surface area contributed by atoms with Crippen LogP contribution in [0.25, 0.3) is 0 Å². The molecule has 1 atom stereocenters. The lowest BCUT2D eigenvalue weighted by atomic mass is 10.1. The predicted octanol–water partition coefficient (Wildman–Crippen LogP) is 0.933. The van der Waals surface area contributed by atoms with Gasteiger partial charge in [-0.2, -0.15) is 0 Å². The quantitative estimate of drug-likeness (QED) is 0.719. The van der Waals surface area contributed by atoms with E-state index in [2.05, 4.69) is 9.88 Å². The number of nitrogen functional groups attached to an aromatic ring is 1. The molecular weight excluding hydrogens is 190 g/mol. The van der Waals surface area contributed by atoms with E-state index in [-0.39, 0.29) is 6.10 Å². The minimum absolute atomic E-state index is 0.249. The van der Waals surface area contributed by atoms with Gasteiger partial charge in [-0.25, -0.2) is 4.98 Å². The topological polar surface area (TPSA) is 62.4 Å². The highest BCUT2D eigenvalue weighted by Gasteiger charge is 2.20. The average molecular weight is 207 g/mol. The van der Waals surface area contributed by atoms with E-state index in [4.69, 9.17) is 5.73 Å². The smallest absolute Gasteiger partial charge is 0.151 e. The highest BCUT2D eigenvalue weighted by Crippen LogP contribution is 2.24. The van der Waals surface area contributed by atoms with Crippen molar-refractivity contribution in [1.82, 2.24) is 4.98 Å². The molecule has 2 heterocycles. The van der Waals surface area contributed by atoms with E-state index in [0.717, 1.165) is 30.8 Å². The van der Waals surface area contributed by atoms with Crippen molar-refractivity contribution in [3.05, 3.63) is 17.8 Å². The van der Waals surface area contributed by atoms with Crippen molar-refractivity contribution in [2.24, 2.45) is 0 Å². The highest BCUT2D eigenvalue weighted by molar-refractivity contribution is 5.63. The van der Waals surface area contributed by atoms with Crippen LogP contribution in [0.15, 0.2) is 12.3 Å². The van der Waals surface area contributed by atoms with E-state index in [0.29, 0.717) is 12.2 Å². The lowest BCUT2D eigenvalue weighted by Crippen LogP contribution is -2.39. The highest BCUT2D eigenvalue weighted by atomic mass is 16.3. The number of nitrogens with zero attached hydrogens (tertiary/aromatic N) is 2. The van der Waals surface area contributed by atoms with Crippen molar-refractivity contribution in [2.75, 3.05) is 23.7 Å². The van der Waals surface area contributed by atoms with Gasteiger partial charge in [-0.1, -0.05) is 0 Å². The fourth-order valence-corrected chi connectivity index (χ4v) is 2.00. The third-order valence-corrected chi connectivity index (χ3v) is 2.73. The Morgan fingerprint density at radius 3 is 3.07 bits per heavy atom. The van der Waals surface area contributed by atoms with Crippen molar-refractivity contribution in [3.8, 4) is 0 Å². The van der Waals surface area contributed by atoms with Crippen LogP contribution in [0.4, 0.5) is 11.5 Å². The Kier molecular flexibility index (Phi) is 2.77. The second-order valence-electron chi connectivity index (χ2n) is 4.17. The first-order valence-corrected chi connectivity index (χ1v) is 5.32. The van der Waals surface area contributed by atoms with Gasteiger partial charge >= 0.3 is 0 Å². The van der Waals surface area contributed by atoms with Gasteiger partial charge in [-0.05, 0) is 31.4 Å². The zero-order valence-electron chi connectivity index (χ0n) is 8.98. The van der Waals surface area contributed by atoms with Gasteiger partial charge < -0.3 is 15.7 Å². The van der Waals surface area contributed by atoms with Crippen molar-refractivity contribution in [1.29, 1.82) is 0 Å². The molecule has 4 nitrogen and oxygen atoms in total. The van der Waals surface area contributed by atoms with E-state index >= 15 is 0 Å². The third kappa shape index (κ3) is 2.21. The monoisotopic (exact) mass is 207 g/mol. The molecule has 1 unspecified atom stereocenters. The second kappa shape index (κ2) is 4.06. The molecule has 0 spiro atoms. The molecule has 1 aromatic heterocycles. The number of aryl methyl sites for hydroxylation is 1. The van der Waals surface area contributed by atoms with E-state index in [1.54, 1.807) is 0 Å². The standard InChI is InChI=1S/C11H17N3O/c1-8-5-10(12)11(13-6-8)14-4-2-3-9(15)7-14/h5-6,9,15H,2-4,7,12H2,1H3. The number of anilines is 2. The van der Waals surface area contributed by atoms with Crippen LogP contribution in [0, 0.1) is 6.92 Å². The Labute approximate surface area is 89.7 Å². The molecule has 4 heteroatoms. The summed E-state index contributed by atoms with van der Waals surface area (Å²) < 4.78 is 0. The number of aliphatic hydroxyl groups excluding tert-OH is 1. The van der Waals surface area contributed by atoms with Crippen LogP contribution in [-0.2, 0) is 0 Å². The van der Waals surface area contributed by atoms with Crippen molar-refractivity contribution >= 4 is 11.5 Å². The molecule has 0 saturated carbocycles. The van der Waals surface area contributed by atoms with E-state index < -0.39 is 0 Å². The van der Waals surface area contributed by atoms with Gasteiger partial charge in [0, 0.05) is 19.3 Å². The molecule has 0 aromatic carbocycles. The first-order chi connectivity index (χ1) is 7.16. The summed E-state index contributed by atoms with van der Waals surface area (Å²) in [6.07, 6.45) is 3.44. The number of aliphatic hydroxyl groups is 1. The molecule has 1 aliphatic heterocycles. The Hall–Kier alpha value is -1.29. The summed E-state index contributed by atoms with van der Waals surface area (Å²) in [5.41, 5.74) is 7.67. The molecule has 2 rings (SSSR count). The molecule has 1 aliphatic rings. The summed E-state index contributed by atoms with van der Waals surface area (Å²) in [5, 5.41) is 9.58. The van der Waals surface area contributed by atoms with E-state index in [1.165, 1.54) is 0 Å². The lowest BCUT2D eigenvalue weighted by molar-refractivity contribution is 0.154. The molecule has 82 valence electrons. The summed E-state index contributed by atoms with van der Waals surface area (Å²) in [7, 11) is 0. The van der Waals surface area contributed by atoms with Gasteiger partial charge in [0.25, 0.3) is 0 Å². The van der Waals surface area contributed by atoms with Crippen LogP contribution in [-0.4, -0.2) is 29.3 Å². The molecule has 3 N–H and O–H groups in total. The Bertz CT molecular complexity index is 354. The van der Waals surface area contributed by atoms with Crippen LogP contribution in [0.5, 0.6) is 0 Å². The van der Waals surface area contributed by atoms with Crippen LogP contribution in [0.1, 0.15) is 18.4 Å². The Balaban J connectivity index is 2.21. The lowest BCUT2D eigenvalue weighted by Gasteiger charge is -2.31. The zero-order valence-corrected chi connectivity index (χ0v) is 8.98. The largest absolute Gasteiger partial charge is 0.396 e. The summed E-state index contributed by atoms with van der Waals surface area (Å²) in [6.45, 7) is 3.54. The summed E-state index contributed by atoms with van der Waals surface area (Å²) in [6, 6.07) is 1.92. The minimum atomic E-state index is -0.249. The van der Waals surface area contributed by atoms with Gasteiger partial charge in [0.1, 0.15) is 0 Å². The molecule has 15 heavy (non-hydrogen) atoms. The number of β-amino-alcohol motifs (C(OH)–C–C–N with tert-alkyl or cyclic N) is 1. The fraction of sp³-hybridized carbons (Fsp3) is 0.545. The molecular formula is C11H17N3O. The summed E-state index contributed by atoms with van der Waals surface area (Å²) in [5.74, 6) is 0.805. The number of rotatable bonds is 1. The normalized spacial score (nSPS) is 21.7. The SMILES string of the molecule is Cc1cnc(N2CCCC(O)C2)c(N)c1. The van der Waals surface area contributed by atoms with Crippen LogP contribution >= 0.6 is 0 Å². The summed E-state index contributed by atoms with van der Waals surface area (Å²) >= 11 is 0. The predicted molar refractivity (Wildman–Crippen MR) is 60.8 cm³/mol. The van der Waals surface area contributed by atoms with Crippen molar-refractivity contribution < 1.29 is 5.11 Å². The van der Waals surface area contributed by atoms with E-state index in [9.17, 15) is 5.11 Å². The first-order valence-electron chi connectivity index (χ1n) is 5.32. The van der Waals surface area contributed by atoms with Gasteiger partial charge in [-0.15, -0.1) is 0 Å². The zero-order chi connectivity index (χ0) is 10.8. The van der Waals surface area contributed by atoms with Crippen LogP contribution in [0.3, 0.4) is 0 Å². The van der Waals surface area contributed by atoms with Crippen molar-refractivity contribution in [3.63, 3.8) is 0 Å². The first kappa shape index (κ1) is 10.2. The molecule has 0 aliphatic carbocycles. The molecule has 1 aromatic rings. The average Bonchev–Trinajstić information content (AvgIpc) is 2.17. The van der Waals surface area contributed by atoms with Gasteiger partial charge in [-0.3, -0.25) is 0 Å². The molecule has 0 amide bonds.